The summed E-state index contributed by atoms with van der Waals surface area (Å²) in [4.78, 5) is 10.9. The Morgan fingerprint density at radius 3 is 2.90 bits per heavy atom. The molecule has 0 saturated carbocycles. The van der Waals surface area contributed by atoms with Crippen molar-refractivity contribution in [1.82, 2.24) is 0 Å². The predicted octanol–water partition coefficient (Wildman–Crippen LogP) is 0.854. The van der Waals surface area contributed by atoms with Crippen LogP contribution >= 0.6 is 0 Å². The Hall–Kier alpha value is -1.79. The lowest BCUT2D eigenvalue weighted by Gasteiger charge is -2.19. The van der Waals surface area contributed by atoms with Crippen LogP contribution < -0.4 is 15.2 Å². The van der Waals surface area contributed by atoms with E-state index in [0.29, 0.717) is 23.7 Å². The van der Waals surface area contributed by atoms with Crippen LogP contribution in [0.5, 0.6) is 11.5 Å². The number of nitrogens with two attached hydrogens (primary N) is 1. The van der Waals surface area contributed by atoms with Crippen LogP contribution in [0, 0.1) is 0 Å². The van der Waals surface area contributed by atoms with Crippen LogP contribution in [0.3, 0.4) is 0 Å². The van der Waals surface area contributed by atoms with E-state index in [0.717, 1.165) is 12.0 Å². The Labute approximate surface area is 117 Å². The van der Waals surface area contributed by atoms with Gasteiger partial charge in [-0.05, 0) is 26.0 Å². The van der Waals surface area contributed by atoms with Crippen molar-refractivity contribution in [3.63, 3.8) is 0 Å². The molecule has 1 aromatic rings. The number of fused-ring (bicyclic) bond motifs is 1. The van der Waals surface area contributed by atoms with E-state index in [1.807, 2.05) is 13.8 Å². The minimum atomic E-state index is -1.41. The van der Waals surface area contributed by atoms with Crippen molar-refractivity contribution >= 4 is 5.97 Å². The number of rotatable bonds is 5. The standard InChI is InChI=1S/C14H19NO5/c1-3-19-11-5-8-4-7(2)20-10(8)6-9(11)13(16)12(15)14(17)18/h5-7,12-13,16H,3-4,15H2,1-2H3,(H,17,18). The second kappa shape index (κ2) is 5.68. The van der Waals surface area contributed by atoms with E-state index in [9.17, 15) is 9.90 Å². The molecule has 0 amide bonds. The number of aliphatic hydroxyl groups excluding tert-OH is 1. The summed E-state index contributed by atoms with van der Waals surface area (Å²) in [6, 6.07) is 2.00. The van der Waals surface area contributed by atoms with Crippen LogP contribution in [-0.2, 0) is 11.2 Å². The average molecular weight is 281 g/mol. The summed E-state index contributed by atoms with van der Waals surface area (Å²) >= 11 is 0. The fraction of sp³-hybridized carbons (Fsp3) is 0.500. The lowest BCUT2D eigenvalue weighted by Crippen LogP contribution is -2.36. The third-order valence-electron chi connectivity index (χ3n) is 3.27. The fourth-order valence-electron chi connectivity index (χ4n) is 2.30. The molecule has 0 saturated heterocycles. The Bertz CT molecular complexity index is 517. The first-order valence-corrected chi connectivity index (χ1v) is 6.56. The number of hydrogen-bond acceptors (Lipinski definition) is 5. The quantitative estimate of drug-likeness (QED) is 0.739. The number of aliphatic carboxylic acids is 1. The highest BCUT2D eigenvalue weighted by atomic mass is 16.5. The van der Waals surface area contributed by atoms with Gasteiger partial charge in [0.25, 0.3) is 0 Å². The molecule has 1 aromatic carbocycles. The molecule has 1 aliphatic heterocycles. The molecule has 0 fully saturated rings. The minimum absolute atomic E-state index is 0.0556. The summed E-state index contributed by atoms with van der Waals surface area (Å²) in [6.07, 6.45) is -0.532. The molecule has 6 heteroatoms. The highest BCUT2D eigenvalue weighted by Crippen LogP contribution is 2.38. The molecule has 3 unspecified atom stereocenters. The van der Waals surface area contributed by atoms with Crippen molar-refractivity contribution < 1.29 is 24.5 Å². The lowest BCUT2D eigenvalue weighted by molar-refractivity contribution is -0.141. The molecule has 2 rings (SSSR count). The highest BCUT2D eigenvalue weighted by Gasteiger charge is 2.29. The van der Waals surface area contributed by atoms with Gasteiger partial charge in [0.2, 0.25) is 0 Å². The van der Waals surface area contributed by atoms with Crippen molar-refractivity contribution in [2.24, 2.45) is 5.73 Å². The zero-order valence-electron chi connectivity index (χ0n) is 11.5. The second-order valence-electron chi connectivity index (χ2n) is 4.87. The molecule has 110 valence electrons. The molecule has 0 aliphatic carbocycles. The van der Waals surface area contributed by atoms with Gasteiger partial charge in [-0.1, -0.05) is 0 Å². The third-order valence-corrected chi connectivity index (χ3v) is 3.27. The molecule has 0 spiro atoms. The van der Waals surface area contributed by atoms with Gasteiger partial charge < -0.3 is 25.4 Å². The first-order chi connectivity index (χ1) is 9.43. The maximum absolute atomic E-state index is 10.9. The fourth-order valence-corrected chi connectivity index (χ4v) is 2.30. The van der Waals surface area contributed by atoms with Gasteiger partial charge in [-0.25, -0.2) is 0 Å². The summed E-state index contributed by atoms with van der Waals surface area (Å²) in [6.45, 7) is 4.18. The van der Waals surface area contributed by atoms with Crippen molar-refractivity contribution in [1.29, 1.82) is 0 Å². The SMILES string of the molecule is CCOc1cc2c(cc1C(O)C(N)C(=O)O)OC(C)C2. The van der Waals surface area contributed by atoms with Crippen molar-refractivity contribution in [2.75, 3.05) is 6.61 Å². The van der Waals surface area contributed by atoms with Gasteiger partial charge in [-0.3, -0.25) is 4.79 Å². The topological polar surface area (TPSA) is 102 Å². The Morgan fingerprint density at radius 2 is 2.30 bits per heavy atom. The van der Waals surface area contributed by atoms with Gasteiger partial charge in [-0.15, -0.1) is 0 Å². The van der Waals surface area contributed by atoms with Gasteiger partial charge in [0.15, 0.2) is 0 Å². The number of aliphatic hydroxyl groups is 1. The zero-order chi connectivity index (χ0) is 14.9. The predicted molar refractivity (Wildman–Crippen MR) is 72.0 cm³/mol. The molecule has 20 heavy (non-hydrogen) atoms. The molecule has 4 N–H and O–H groups in total. The van der Waals surface area contributed by atoms with Crippen LogP contribution in [0.4, 0.5) is 0 Å². The zero-order valence-corrected chi connectivity index (χ0v) is 11.5. The van der Waals surface area contributed by atoms with Gasteiger partial charge in [0, 0.05) is 17.5 Å². The van der Waals surface area contributed by atoms with Crippen LogP contribution in [-0.4, -0.2) is 34.9 Å². The monoisotopic (exact) mass is 281 g/mol. The van der Waals surface area contributed by atoms with Crippen molar-refractivity contribution in [3.05, 3.63) is 23.3 Å². The lowest BCUT2D eigenvalue weighted by atomic mass is 9.99. The molecule has 1 heterocycles. The number of carboxylic acid groups (broad SMARTS) is 1. The third kappa shape index (κ3) is 2.71. The molecule has 6 nitrogen and oxygen atoms in total. The van der Waals surface area contributed by atoms with Crippen molar-refractivity contribution in [2.45, 2.75) is 38.5 Å². The van der Waals surface area contributed by atoms with Crippen LogP contribution in [0.2, 0.25) is 0 Å². The van der Waals surface area contributed by atoms with E-state index < -0.39 is 18.1 Å². The van der Waals surface area contributed by atoms with Crippen LogP contribution in [0.15, 0.2) is 12.1 Å². The smallest absolute Gasteiger partial charge is 0.323 e. The van der Waals surface area contributed by atoms with Crippen molar-refractivity contribution in [3.8, 4) is 11.5 Å². The normalized spacial score (nSPS) is 19.9. The number of carboxylic acids is 1. The number of benzene rings is 1. The molecular weight excluding hydrogens is 262 g/mol. The molecular formula is C14H19NO5. The van der Waals surface area contributed by atoms with Gasteiger partial charge in [0.05, 0.1) is 6.61 Å². The molecule has 0 aromatic heterocycles. The van der Waals surface area contributed by atoms with E-state index in [1.165, 1.54) is 0 Å². The maximum atomic E-state index is 10.9. The van der Waals surface area contributed by atoms with E-state index in [1.54, 1.807) is 12.1 Å². The summed E-state index contributed by atoms with van der Waals surface area (Å²) in [7, 11) is 0. The molecule has 3 atom stereocenters. The molecule has 0 bridgehead atoms. The Kier molecular flexibility index (Phi) is 4.15. The van der Waals surface area contributed by atoms with E-state index in [4.69, 9.17) is 20.3 Å². The number of hydrogen-bond donors (Lipinski definition) is 3. The van der Waals surface area contributed by atoms with Crippen LogP contribution in [0.1, 0.15) is 31.1 Å². The highest BCUT2D eigenvalue weighted by molar-refractivity contribution is 5.74. The molecule has 0 radical (unpaired) electrons. The minimum Gasteiger partial charge on any atom is -0.493 e. The summed E-state index contributed by atoms with van der Waals surface area (Å²) in [5.74, 6) is -0.171. The van der Waals surface area contributed by atoms with E-state index in [-0.39, 0.29) is 6.10 Å². The van der Waals surface area contributed by atoms with Gasteiger partial charge in [0.1, 0.15) is 29.7 Å². The first-order valence-electron chi connectivity index (χ1n) is 6.56. The molecule has 1 aliphatic rings. The first kappa shape index (κ1) is 14.6. The summed E-state index contributed by atoms with van der Waals surface area (Å²) < 4.78 is 11.1. The van der Waals surface area contributed by atoms with Crippen LogP contribution in [0.25, 0.3) is 0 Å². The van der Waals surface area contributed by atoms with E-state index >= 15 is 0 Å². The van der Waals surface area contributed by atoms with E-state index in [2.05, 4.69) is 0 Å². The Balaban J connectivity index is 2.40. The number of carbonyl (C=O) groups is 1. The summed E-state index contributed by atoms with van der Waals surface area (Å²) in [5.41, 5.74) is 6.81. The second-order valence-corrected chi connectivity index (χ2v) is 4.87. The average Bonchev–Trinajstić information content (AvgIpc) is 2.75. The summed E-state index contributed by atoms with van der Waals surface area (Å²) in [5, 5.41) is 19.0. The maximum Gasteiger partial charge on any atom is 0.323 e. The number of ether oxygens (including phenoxy) is 2. The Morgan fingerprint density at radius 1 is 1.60 bits per heavy atom. The van der Waals surface area contributed by atoms with Gasteiger partial charge >= 0.3 is 5.97 Å². The van der Waals surface area contributed by atoms with Gasteiger partial charge in [-0.2, -0.15) is 0 Å². The largest absolute Gasteiger partial charge is 0.493 e.